The van der Waals surface area contributed by atoms with Crippen LogP contribution in [0.4, 0.5) is 5.69 Å². The second-order valence-electron chi connectivity index (χ2n) is 4.38. The van der Waals surface area contributed by atoms with E-state index in [1.165, 1.54) is 16.4 Å². The Morgan fingerprint density at radius 3 is 2.32 bits per heavy atom. The third kappa shape index (κ3) is 3.35. The van der Waals surface area contributed by atoms with Crippen molar-refractivity contribution in [2.45, 2.75) is 11.8 Å². The molecule has 0 saturated heterocycles. The van der Waals surface area contributed by atoms with Crippen LogP contribution in [0, 0.1) is 0 Å². The summed E-state index contributed by atoms with van der Waals surface area (Å²) in [6, 6.07) is 9.13. The summed E-state index contributed by atoms with van der Waals surface area (Å²) in [5, 5.41) is 10.5. The Morgan fingerprint density at radius 2 is 1.77 bits per heavy atom. The molecule has 2 rings (SSSR count). The minimum atomic E-state index is -3.97. The van der Waals surface area contributed by atoms with E-state index < -0.39 is 15.8 Å². The molecular formula is C14H12BrCl2NO3S. The summed E-state index contributed by atoms with van der Waals surface area (Å²) in [5.41, 5.74) is 0.447. The fourth-order valence-corrected chi connectivity index (χ4v) is 4.71. The molecule has 0 bridgehead atoms. The van der Waals surface area contributed by atoms with Crippen LogP contribution in [0.2, 0.25) is 10.0 Å². The van der Waals surface area contributed by atoms with E-state index in [1.54, 1.807) is 31.2 Å². The van der Waals surface area contributed by atoms with E-state index >= 15 is 0 Å². The van der Waals surface area contributed by atoms with Gasteiger partial charge in [-0.2, -0.15) is 0 Å². The molecule has 0 fully saturated rings. The smallest absolute Gasteiger partial charge is 0.268 e. The Hall–Kier alpha value is -0.950. The number of hydrogen-bond donors (Lipinski definition) is 1. The molecule has 22 heavy (non-hydrogen) atoms. The molecule has 0 radical (unpaired) electrons. The third-order valence-electron chi connectivity index (χ3n) is 2.96. The largest absolute Gasteiger partial charge is 0.505 e. The molecule has 0 heterocycles. The quantitative estimate of drug-likeness (QED) is 0.775. The lowest BCUT2D eigenvalue weighted by atomic mass is 10.3. The lowest BCUT2D eigenvalue weighted by molar-refractivity contribution is 0.458. The second kappa shape index (κ2) is 6.66. The van der Waals surface area contributed by atoms with Gasteiger partial charge in [0.25, 0.3) is 10.0 Å². The molecule has 0 unspecified atom stereocenters. The molecule has 0 spiro atoms. The predicted molar refractivity (Wildman–Crippen MR) is 92.5 cm³/mol. The average Bonchev–Trinajstić information content (AvgIpc) is 2.45. The highest BCUT2D eigenvalue weighted by atomic mass is 79.9. The van der Waals surface area contributed by atoms with Crippen molar-refractivity contribution in [2.75, 3.05) is 10.8 Å². The van der Waals surface area contributed by atoms with Crippen molar-refractivity contribution in [2.24, 2.45) is 0 Å². The van der Waals surface area contributed by atoms with Gasteiger partial charge in [0.05, 0.1) is 10.7 Å². The number of benzene rings is 2. The fourth-order valence-electron chi connectivity index (χ4n) is 1.96. The number of nitrogens with zero attached hydrogens (tertiary/aromatic N) is 1. The van der Waals surface area contributed by atoms with Crippen molar-refractivity contribution in [3.63, 3.8) is 0 Å². The molecule has 2 aromatic carbocycles. The van der Waals surface area contributed by atoms with Gasteiger partial charge in [0, 0.05) is 16.0 Å². The van der Waals surface area contributed by atoms with Crippen LogP contribution in [-0.2, 0) is 10.0 Å². The maximum Gasteiger partial charge on any atom is 0.268 e. The monoisotopic (exact) mass is 423 g/mol. The molecule has 4 nitrogen and oxygen atoms in total. The highest BCUT2D eigenvalue weighted by Gasteiger charge is 2.28. The Balaban J connectivity index is 2.59. The van der Waals surface area contributed by atoms with Crippen molar-refractivity contribution in [3.05, 3.63) is 50.9 Å². The lowest BCUT2D eigenvalue weighted by Crippen LogP contribution is -2.30. The zero-order valence-electron chi connectivity index (χ0n) is 11.4. The molecule has 1 N–H and O–H groups in total. The fraction of sp³-hybridized carbons (Fsp3) is 0.143. The molecule has 0 aliphatic rings. The van der Waals surface area contributed by atoms with Crippen LogP contribution in [0.15, 0.2) is 45.8 Å². The van der Waals surface area contributed by atoms with Gasteiger partial charge in [-0.3, -0.25) is 4.31 Å². The molecule has 0 amide bonds. The van der Waals surface area contributed by atoms with Crippen LogP contribution in [0.3, 0.4) is 0 Å². The predicted octanol–water partition coefficient (Wildman–Crippen LogP) is 4.68. The minimum absolute atomic E-state index is 0.0416. The van der Waals surface area contributed by atoms with Gasteiger partial charge < -0.3 is 5.11 Å². The number of halogens is 3. The Morgan fingerprint density at radius 1 is 1.18 bits per heavy atom. The SMILES string of the molecule is CCN(c1ccc(Cl)cc1)S(=O)(=O)c1cc(Br)cc(Cl)c1O. The minimum Gasteiger partial charge on any atom is -0.505 e. The van der Waals surface area contributed by atoms with Crippen molar-refractivity contribution in [3.8, 4) is 5.75 Å². The Kier molecular flexibility index (Phi) is 5.27. The van der Waals surface area contributed by atoms with Gasteiger partial charge in [0.2, 0.25) is 0 Å². The first-order valence-corrected chi connectivity index (χ1v) is 9.22. The van der Waals surface area contributed by atoms with Crippen LogP contribution in [0.25, 0.3) is 0 Å². The summed E-state index contributed by atoms with van der Waals surface area (Å²) in [6.07, 6.45) is 0. The maximum atomic E-state index is 12.8. The average molecular weight is 425 g/mol. The number of rotatable bonds is 4. The van der Waals surface area contributed by atoms with Crippen molar-refractivity contribution in [1.29, 1.82) is 0 Å². The van der Waals surface area contributed by atoms with E-state index in [0.717, 1.165) is 0 Å². The normalized spacial score (nSPS) is 11.5. The molecule has 0 aliphatic carbocycles. The highest BCUT2D eigenvalue weighted by molar-refractivity contribution is 9.10. The molecule has 0 saturated carbocycles. The van der Waals surface area contributed by atoms with Gasteiger partial charge in [-0.05, 0) is 43.3 Å². The van der Waals surface area contributed by atoms with Gasteiger partial charge in [-0.1, -0.05) is 39.1 Å². The molecule has 2 aromatic rings. The van der Waals surface area contributed by atoms with E-state index in [9.17, 15) is 13.5 Å². The summed E-state index contributed by atoms with van der Waals surface area (Å²) in [4.78, 5) is -0.260. The van der Waals surface area contributed by atoms with Gasteiger partial charge in [0.1, 0.15) is 4.90 Å². The summed E-state index contributed by atoms with van der Waals surface area (Å²) in [5.74, 6) is -0.475. The van der Waals surface area contributed by atoms with Crippen LogP contribution in [0.1, 0.15) is 6.92 Å². The van der Waals surface area contributed by atoms with Crippen molar-refractivity contribution < 1.29 is 13.5 Å². The molecular weight excluding hydrogens is 413 g/mol. The standard InChI is InChI=1S/C14H12BrCl2NO3S/c1-2-18(11-5-3-10(16)4-6-11)22(20,21)13-8-9(15)7-12(17)14(13)19/h3-8,19H,2H2,1H3. The van der Waals surface area contributed by atoms with Gasteiger partial charge in [-0.15, -0.1) is 0 Å². The number of phenolic OH excluding ortho intramolecular Hbond substituents is 1. The van der Waals surface area contributed by atoms with E-state index in [-0.39, 0.29) is 16.5 Å². The second-order valence-corrected chi connectivity index (χ2v) is 7.97. The zero-order valence-corrected chi connectivity index (χ0v) is 15.3. The van der Waals surface area contributed by atoms with E-state index in [2.05, 4.69) is 15.9 Å². The maximum absolute atomic E-state index is 12.8. The highest BCUT2D eigenvalue weighted by Crippen LogP contribution is 2.37. The first kappa shape index (κ1) is 17.4. The first-order chi connectivity index (χ1) is 10.3. The molecule has 118 valence electrons. The number of phenols is 1. The zero-order chi connectivity index (χ0) is 16.5. The number of anilines is 1. The third-order valence-corrected chi connectivity index (χ3v) is 5.88. The summed E-state index contributed by atoms with van der Waals surface area (Å²) in [7, 11) is -3.97. The van der Waals surface area contributed by atoms with Crippen molar-refractivity contribution >= 4 is 54.8 Å². The summed E-state index contributed by atoms with van der Waals surface area (Å²) in [6.45, 7) is 1.89. The topological polar surface area (TPSA) is 57.6 Å². The lowest BCUT2D eigenvalue weighted by Gasteiger charge is -2.23. The van der Waals surface area contributed by atoms with Crippen LogP contribution >= 0.6 is 39.1 Å². The molecule has 0 aliphatic heterocycles. The summed E-state index contributed by atoms with van der Waals surface area (Å²) >= 11 is 14.9. The molecule has 0 aromatic heterocycles. The van der Waals surface area contributed by atoms with E-state index in [1.807, 2.05) is 0 Å². The van der Waals surface area contributed by atoms with Crippen LogP contribution < -0.4 is 4.31 Å². The molecule has 0 atom stereocenters. The Bertz CT molecular complexity index is 794. The van der Waals surface area contributed by atoms with E-state index in [4.69, 9.17) is 23.2 Å². The number of hydrogen-bond acceptors (Lipinski definition) is 3. The first-order valence-electron chi connectivity index (χ1n) is 6.23. The van der Waals surface area contributed by atoms with Gasteiger partial charge in [-0.25, -0.2) is 8.42 Å². The summed E-state index contributed by atoms with van der Waals surface area (Å²) < 4.78 is 27.3. The number of sulfonamides is 1. The van der Waals surface area contributed by atoms with Crippen LogP contribution in [-0.4, -0.2) is 20.1 Å². The number of aromatic hydroxyl groups is 1. The Labute approximate surface area is 147 Å². The van der Waals surface area contributed by atoms with Gasteiger partial charge >= 0.3 is 0 Å². The molecule has 8 heteroatoms. The van der Waals surface area contributed by atoms with Gasteiger partial charge in [0.15, 0.2) is 5.75 Å². The van der Waals surface area contributed by atoms with E-state index in [0.29, 0.717) is 15.2 Å². The van der Waals surface area contributed by atoms with Crippen molar-refractivity contribution in [1.82, 2.24) is 0 Å². The van der Waals surface area contributed by atoms with Crippen LogP contribution in [0.5, 0.6) is 5.75 Å².